The van der Waals surface area contributed by atoms with Crippen molar-refractivity contribution < 1.29 is 23.1 Å². The van der Waals surface area contributed by atoms with Gasteiger partial charge in [0.2, 0.25) is 15.9 Å². The zero-order valence-corrected chi connectivity index (χ0v) is 13.2. The van der Waals surface area contributed by atoms with Crippen LogP contribution in [0.15, 0.2) is 23.1 Å². The number of carbonyl (C=O) groups is 2. The number of carbonyl (C=O) groups excluding carboxylic acids is 1. The molecule has 120 valence electrons. The molecule has 0 aliphatic carbocycles. The fraction of sp³-hybridized carbons (Fsp3) is 0.429. The minimum absolute atomic E-state index is 0.0185. The van der Waals surface area contributed by atoms with E-state index in [1.807, 2.05) is 0 Å². The number of aliphatic carboxylic acids is 1. The molecule has 22 heavy (non-hydrogen) atoms. The van der Waals surface area contributed by atoms with Crippen molar-refractivity contribution in [3.8, 4) is 0 Å². The first-order valence-electron chi connectivity index (χ1n) is 6.86. The van der Waals surface area contributed by atoms with Crippen LogP contribution in [0.5, 0.6) is 0 Å². The van der Waals surface area contributed by atoms with Crippen LogP contribution in [0.4, 0.5) is 5.69 Å². The lowest BCUT2D eigenvalue weighted by molar-refractivity contribution is -0.140. The normalized spacial score (nSPS) is 19.1. The molecule has 0 bridgehead atoms. The molecule has 1 aliphatic heterocycles. The molecule has 2 rings (SSSR count). The van der Waals surface area contributed by atoms with Gasteiger partial charge in [0.25, 0.3) is 0 Å². The fourth-order valence-corrected chi connectivity index (χ4v) is 4.17. The van der Waals surface area contributed by atoms with Crippen molar-refractivity contribution in [3.05, 3.63) is 23.8 Å². The number of anilines is 1. The Morgan fingerprint density at radius 2 is 2.05 bits per heavy atom. The molecule has 0 radical (unpaired) electrons. The molecular formula is C14H18N2O5S. The smallest absolute Gasteiger partial charge is 0.322 e. The third-order valence-electron chi connectivity index (χ3n) is 3.62. The Morgan fingerprint density at radius 3 is 2.64 bits per heavy atom. The van der Waals surface area contributed by atoms with Crippen LogP contribution < -0.4 is 5.32 Å². The van der Waals surface area contributed by atoms with Crippen molar-refractivity contribution in [2.24, 2.45) is 0 Å². The molecule has 0 aromatic heterocycles. The molecule has 0 spiro atoms. The van der Waals surface area contributed by atoms with Gasteiger partial charge in [-0.3, -0.25) is 9.59 Å². The molecule has 2 N–H and O–H groups in total. The highest BCUT2D eigenvalue weighted by atomic mass is 32.2. The summed E-state index contributed by atoms with van der Waals surface area (Å²) in [6.07, 6.45) is 0.819. The number of hydrogen-bond acceptors (Lipinski definition) is 4. The van der Waals surface area contributed by atoms with E-state index >= 15 is 0 Å². The lowest BCUT2D eigenvalue weighted by Gasteiger charge is -2.21. The topological polar surface area (TPSA) is 104 Å². The summed E-state index contributed by atoms with van der Waals surface area (Å²) in [5, 5.41) is 11.7. The van der Waals surface area contributed by atoms with Crippen LogP contribution in [0.2, 0.25) is 0 Å². The van der Waals surface area contributed by atoms with Gasteiger partial charge < -0.3 is 10.4 Å². The van der Waals surface area contributed by atoms with Gasteiger partial charge in [0.15, 0.2) is 0 Å². The maximum Gasteiger partial charge on any atom is 0.322 e. The molecule has 1 atom stereocenters. The van der Waals surface area contributed by atoms with Gasteiger partial charge in [-0.05, 0) is 37.5 Å². The van der Waals surface area contributed by atoms with E-state index in [4.69, 9.17) is 5.11 Å². The van der Waals surface area contributed by atoms with E-state index in [-0.39, 0.29) is 17.3 Å². The van der Waals surface area contributed by atoms with E-state index in [0.717, 1.165) is 9.87 Å². The number of aryl methyl sites for hydroxylation is 1. The minimum Gasteiger partial charge on any atom is -0.480 e. The molecule has 1 heterocycles. The first kappa shape index (κ1) is 16.4. The van der Waals surface area contributed by atoms with Crippen molar-refractivity contribution in [2.75, 3.05) is 11.9 Å². The Morgan fingerprint density at radius 1 is 1.36 bits per heavy atom. The van der Waals surface area contributed by atoms with Gasteiger partial charge in [0.1, 0.15) is 6.04 Å². The zero-order chi connectivity index (χ0) is 16.5. The monoisotopic (exact) mass is 326 g/mol. The maximum atomic E-state index is 12.6. The lowest BCUT2D eigenvalue weighted by atomic mass is 10.2. The average molecular weight is 326 g/mol. The number of nitrogens with zero attached hydrogens (tertiary/aromatic N) is 1. The van der Waals surface area contributed by atoms with Crippen molar-refractivity contribution in [3.63, 3.8) is 0 Å². The van der Waals surface area contributed by atoms with Crippen LogP contribution in [0.3, 0.4) is 0 Å². The van der Waals surface area contributed by atoms with Crippen LogP contribution in [-0.4, -0.2) is 42.3 Å². The standard InChI is InChI=1S/C14H18N2O5S/c1-9-5-6-11(8-12(9)15-10(2)17)22(20,21)16-7-3-4-13(16)14(18)19/h5-6,8,13H,3-4,7H2,1-2H3,(H,15,17)(H,18,19)/t13-/m0/s1. The summed E-state index contributed by atoms with van der Waals surface area (Å²) in [7, 11) is -3.91. The molecular weight excluding hydrogens is 308 g/mol. The number of carboxylic acid groups (broad SMARTS) is 1. The SMILES string of the molecule is CC(=O)Nc1cc(S(=O)(=O)N2CCC[C@H]2C(=O)O)ccc1C. The second kappa shape index (κ2) is 6.05. The van der Waals surface area contributed by atoms with Crippen LogP contribution >= 0.6 is 0 Å². The first-order chi connectivity index (χ1) is 10.2. The summed E-state index contributed by atoms with van der Waals surface area (Å²) >= 11 is 0. The largest absolute Gasteiger partial charge is 0.480 e. The Balaban J connectivity index is 2.41. The van der Waals surface area contributed by atoms with Gasteiger partial charge in [-0.25, -0.2) is 8.42 Å². The first-order valence-corrected chi connectivity index (χ1v) is 8.30. The highest BCUT2D eigenvalue weighted by Crippen LogP contribution is 2.28. The molecule has 8 heteroatoms. The molecule has 1 fully saturated rings. The summed E-state index contributed by atoms with van der Waals surface area (Å²) in [5.41, 5.74) is 1.13. The highest BCUT2D eigenvalue weighted by Gasteiger charge is 2.39. The summed E-state index contributed by atoms with van der Waals surface area (Å²) in [6.45, 7) is 3.27. The van der Waals surface area contributed by atoms with Crippen LogP contribution in [0, 0.1) is 6.92 Å². The Kier molecular flexibility index (Phi) is 4.52. The van der Waals surface area contributed by atoms with Gasteiger partial charge in [-0.15, -0.1) is 0 Å². The van der Waals surface area contributed by atoms with Crippen LogP contribution in [-0.2, 0) is 19.6 Å². The molecule has 1 saturated heterocycles. The number of carboxylic acids is 1. The lowest BCUT2D eigenvalue weighted by Crippen LogP contribution is -2.40. The van der Waals surface area contributed by atoms with Gasteiger partial charge in [-0.2, -0.15) is 4.31 Å². The van der Waals surface area contributed by atoms with Crippen LogP contribution in [0.1, 0.15) is 25.3 Å². The molecule has 0 saturated carbocycles. The number of sulfonamides is 1. The molecule has 1 aromatic carbocycles. The van der Waals surface area contributed by atoms with E-state index in [1.165, 1.54) is 19.1 Å². The number of benzene rings is 1. The van der Waals surface area contributed by atoms with Gasteiger partial charge in [0.05, 0.1) is 4.90 Å². The van der Waals surface area contributed by atoms with E-state index in [0.29, 0.717) is 18.5 Å². The summed E-state index contributed by atoms with van der Waals surface area (Å²) in [6, 6.07) is 3.34. The number of nitrogens with one attached hydrogen (secondary N) is 1. The van der Waals surface area contributed by atoms with Crippen molar-refractivity contribution in [1.82, 2.24) is 4.31 Å². The van der Waals surface area contributed by atoms with Gasteiger partial charge in [0, 0.05) is 19.2 Å². The number of hydrogen-bond donors (Lipinski definition) is 2. The van der Waals surface area contributed by atoms with E-state index in [2.05, 4.69) is 5.32 Å². The van der Waals surface area contributed by atoms with Crippen molar-refractivity contribution in [1.29, 1.82) is 0 Å². The number of amides is 1. The van der Waals surface area contributed by atoms with E-state index < -0.39 is 22.0 Å². The van der Waals surface area contributed by atoms with Gasteiger partial charge in [-0.1, -0.05) is 6.07 Å². The van der Waals surface area contributed by atoms with E-state index in [9.17, 15) is 18.0 Å². The predicted molar refractivity (Wildman–Crippen MR) is 80.0 cm³/mol. The number of rotatable bonds is 4. The molecule has 7 nitrogen and oxygen atoms in total. The molecule has 1 aromatic rings. The molecule has 1 aliphatic rings. The minimum atomic E-state index is -3.91. The second-order valence-corrected chi connectivity index (χ2v) is 7.16. The summed E-state index contributed by atoms with van der Waals surface area (Å²) in [4.78, 5) is 22.4. The van der Waals surface area contributed by atoms with E-state index in [1.54, 1.807) is 13.0 Å². The maximum absolute atomic E-state index is 12.6. The summed E-state index contributed by atoms with van der Waals surface area (Å²) in [5.74, 6) is -1.45. The second-order valence-electron chi connectivity index (χ2n) is 5.27. The fourth-order valence-electron chi connectivity index (χ4n) is 2.50. The average Bonchev–Trinajstić information content (AvgIpc) is 2.90. The Bertz CT molecular complexity index is 714. The predicted octanol–water partition coefficient (Wildman–Crippen LogP) is 1.19. The zero-order valence-electron chi connectivity index (χ0n) is 12.4. The summed E-state index contributed by atoms with van der Waals surface area (Å²) < 4.78 is 26.3. The Labute approximate surface area is 129 Å². The highest BCUT2D eigenvalue weighted by molar-refractivity contribution is 7.89. The Hall–Kier alpha value is -1.93. The van der Waals surface area contributed by atoms with Crippen molar-refractivity contribution >= 4 is 27.6 Å². The van der Waals surface area contributed by atoms with Crippen molar-refractivity contribution in [2.45, 2.75) is 37.6 Å². The molecule has 1 amide bonds. The van der Waals surface area contributed by atoms with Gasteiger partial charge >= 0.3 is 5.97 Å². The quantitative estimate of drug-likeness (QED) is 0.865. The van der Waals surface area contributed by atoms with Crippen LogP contribution in [0.25, 0.3) is 0 Å². The third-order valence-corrected chi connectivity index (χ3v) is 5.52. The molecule has 0 unspecified atom stereocenters. The third kappa shape index (κ3) is 3.12.